The van der Waals surface area contributed by atoms with Crippen LogP contribution in [0.2, 0.25) is 0 Å². The molecule has 0 unspecified atom stereocenters. The third kappa shape index (κ3) is 5.90. The number of furan rings is 1. The first-order valence-electron chi connectivity index (χ1n) is 7.44. The van der Waals surface area contributed by atoms with Crippen molar-refractivity contribution in [2.75, 3.05) is 18.2 Å². The predicted octanol–water partition coefficient (Wildman–Crippen LogP) is 1.35. The van der Waals surface area contributed by atoms with Crippen molar-refractivity contribution in [2.24, 2.45) is 0 Å². The zero-order valence-corrected chi connectivity index (χ0v) is 14.9. The molecule has 0 atom stereocenters. The number of sulfonamides is 1. The Morgan fingerprint density at radius 2 is 1.96 bits per heavy atom. The van der Waals surface area contributed by atoms with Crippen LogP contribution in [0.5, 0.6) is 5.75 Å². The summed E-state index contributed by atoms with van der Waals surface area (Å²) >= 11 is 0. The third-order valence-corrected chi connectivity index (χ3v) is 3.87. The van der Waals surface area contributed by atoms with Gasteiger partial charge in [0.05, 0.1) is 12.8 Å². The second kappa shape index (κ2) is 8.02. The van der Waals surface area contributed by atoms with Crippen LogP contribution in [0.25, 0.3) is 0 Å². The first kappa shape index (κ1) is 19.5. The Kier molecular flexibility index (Phi) is 6.01. The Bertz CT molecular complexity index is 918. The number of nitrogens with one attached hydrogen (secondary N) is 2. The number of carboxylic acid groups (broad SMARTS) is 1. The Hall–Kier alpha value is -2.85. The molecule has 2 aromatic rings. The van der Waals surface area contributed by atoms with Crippen molar-refractivity contribution in [1.29, 1.82) is 0 Å². The number of benzene rings is 1. The summed E-state index contributed by atoms with van der Waals surface area (Å²) in [5.41, 5.74) is 1.18. The van der Waals surface area contributed by atoms with Gasteiger partial charge in [-0.1, -0.05) is 0 Å². The van der Waals surface area contributed by atoms with Crippen LogP contribution < -0.4 is 14.8 Å². The van der Waals surface area contributed by atoms with E-state index in [2.05, 4.69) is 10.0 Å². The molecular formula is C16H18N2O7S. The average Bonchev–Trinajstić information content (AvgIpc) is 3.01. The van der Waals surface area contributed by atoms with Gasteiger partial charge in [-0.25, -0.2) is 17.9 Å². The SMILES string of the molecule is Cc1cc(OCC(=O)O)ccc1NC(=O)c1ccc(CNS(C)(=O)=O)o1. The van der Waals surface area contributed by atoms with Gasteiger partial charge in [-0.3, -0.25) is 4.79 Å². The fourth-order valence-electron chi connectivity index (χ4n) is 1.99. The lowest BCUT2D eigenvalue weighted by Crippen LogP contribution is -2.20. The van der Waals surface area contributed by atoms with Crippen molar-refractivity contribution in [3.63, 3.8) is 0 Å². The Labute approximate surface area is 150 Å². The molecule has 9 nitrogen and oxygen atoms in total. The molecule has 0 spiro atoms. The number of carboxylic acids is 1. The summed E-state index contributed by atoms with van der Waals surface area (Å²) in [7, 11) is -3.36. The van der Waals surface area contributed by atoms with Gasteiger partial charge in [-0.05, 0) is 42.8 Å². The van der Waals surface area contributed by atoms with Gasteiger partial charge in [0.25, 0.3) is 5.91 Å². The van der Waals surface area contributed by atoms with Crippen LogP contribution >= 0.6 is 0 Å². The van der Waals surface area contributed by atoms with Crippen LogP contribution in [-0.2, 0) is 21.4 Å². The van der Waals surface area contributed by atoms with Crippen molar-refractivity contribution in [1.82, 2.24) is 4.72 Å². The highest BCUT2D eigenvalue weighted by Gasteiger charge is 2.14. The number of anilines is 1. The van der Waals surface area contributed by atoms with Gasteiger partial charge < -0.3 is 19.6 Å². The van der Waals surface area contributed by atoms with Crippen molar-refractivity contribution in [3.8, 4) is 5.75 Å². The molecule has 0 radical (unpaired) electrons. The lowest BCUT2D eigenvalue weighted by molar-refractivity contribution is -0.139. The van der Waals surface area contributed by atoms with E-state index in [0.717, 1.165) is 6.26 Å². The summed E-state index contributed by atoms with van der Waals surface area (Å²) in [6.07, 6.45) is 1.02. The van der Waals surface area contributed by atoms with Crippen molar-refractivity contribution >= 4 is 27.6 Å². The Morgan fingerprint density at radius 1 is 1.23 bits per heavy atom. The molecule has 26 heavy (non-hydrogen) atoms. The molecule has 3 N–H and O–H groups in total. The molecule has 140 valence electrons. The zero-order chi connectivity index (χ0) is 19.3. The van der Waals surface area contributed by atoms with Gasteiger partial charge >= 0.3 is 5.97 Å². The van der Waals surface area contributed by atoms with Gasteiger partial charge in [0.1, 0.15) is 11.5 Å². The molecule has 10 heteroatoms. The monoisotopic (exact) mass is 382 g/mol. The third-order valence-electron chi connectivity index (χ3n) is 3.20. The van der Waals surface area contributed by atoms with Crippen molar-refractivity contribution in [3.05, 3.63) is 47.4 Å². The molecule has 0 fully saturated rings. The molecular weight excluding hydrogens is 364 g/mol. The normalized spacial score (nSPS) is 11.2. The summed E-state index contributed by atoms with van der Waals surface area (Å²) in [6.45, 7) is 1.22. The number of hydrogen-bond donors (Lipinski definition) is 3. The Balaban J connectivity index is 2.01. The van der Waals surface area contributed by atoms with Gasteiger partial charge in [0.2, 0.25) is 10.0 Å². The van der Waals surface area contributed by atoms with Gasteiger partial charge in [-0.2, -0.15) is 0 Å². The van der Waals surface area contributed by atoms with E-state index in [1.807, 2.05) is 0 Å². The molecule has 2 rings (SSSR count). The van der Waals surface area contributed by atoms with Crippen LogP contribution in [0.3, 0.4) is 0 Å². The number of ether oxygens (including phenoxy) is 1. The summed E-state index contributed by atoms with van der Waals surface area (Å²) in [5.74, 6) is -0.886. The predicted molar refractivity (Wildman–Crippen MR) is 92.7 cm³/mol. The molecule has 0 aliphatic rings. The van der Waals surface area contributed by atoms with E-state index in [-0.39, 0.29) is 12.3 Å². The number of aryl methyl sites for hydroxylation is 1. The second-order valence-electron chi connectivity index (χ2n) is 5.47. The lowest BCUT2D eigenvalue weighted by Gasteiger charge is -2.10. The molecule has 0 aliphatic heterocycles. The second-order valence-corrected chi connectivity index (χ2v) is 7.31. The first-order valence-corrected chi connectivity index (χ1v) is 9.33. The minimum absolute atomic E-state index is 0.0286. The van der Waals surface area contributed by atoms with Crippen LogP contribution in [0.1, 0.15) is 21.9 Å². The van der Waals surface area contributed by atoms with Crippen molar-refractivity contribution < 1.29 is 32.3 Å². The smallest absolute Gasteiger partial charge is 0.341 e. The van der Waals surface area contributed by atoms with Crippen LogP contribution in [0, 0.1) is 6.92 Å². The summed E-state index contributed by atoms with van der Waals surface area (Å²) in [6, 6.07) is 7.66. The molecule has 1 aromatic heterocycles. The topological polar surface area (TPSA) is 135 Å². The molecule has 0 aliphatic carbocycles. The van der Waals surface area contributed by atoms with E-state index < -0.39 is 28.5 Å². The minimum atomic E-state index is -3.36. The van der Waals surface area contributed by atoms with E-state index in [9.17, 15) is 18.0 Å². The molecule has 1 heterocycles. The molecule has 0 bridgehead atoms. The highest BCUT2D eigenvalue weighted by Crippen LogP contribution is 2.22. The standard InChI is InChI=1S/C16H18N2O7S/c1-10-7-11(24-9-15(19)20)3-5-13(10)18-16(21)14-6-4-12(25-14)8-17-26(2,22)23/h3-7,17H,8-9H2,1-2H3,(H,18,21)(H,19,20). The van der Waals surface area contributed by atoms with E-state index in [1.165, 1.54) is 18.2 Å². The maximum absolute atomic E-state index is 12.2. The maximum Gasteiger partial charge on any atom is 0.341 e. The lowest BCUT2D eigenvalue weighted by atomic mass is 10.2. The molecule has 0 saturated heterocycles. The fourth-order valence-corrected chi connectivity index (χ4v) is 2.40. The quantitative estimate of drug-likeness (QED) is 0.627. The maximum atomic E-state index is 12.2. The number of carbonyl (C=O) groups is 2. The van der Waals surface area contributed by atoms with E-state index >= 15 is 0 Å². The fraction of sp³-hybridized carbons (Fsp3) is 0.250. The van der Waals surface area contributed by atoms with E-state index in [4.69, 9.17) is 14.3 Å². The zero-order valence-electron chi connectivity index (χ0n) is 14.1. The first-order chi connectivity index (χ1) is 12.1. The average molecular weight is 382 g/mol. The van der Waals surface area contributed by atoms with Crippen LogP contribution in [0.4, 0.5) is 5.69 Å². The number of hydrogen-bond acceptors (Lipinski definition) is 6. The van der Waals surface area contributed by atoms with Crippen molar-refractivity contribution in [2.45, 2.75) is 13.5 Å². The number of rotatable bonds is 8. The highest BCUT2D eigenvalue weighted by atomic mass is 32.2. The summed E-state index contributed by atoms with van der Waals surface area (Å²) < 4.78 is 34.8. The number of aliphatic carboxylic acids is 1. The molecule has 0 saturated carbocycles. The Morgan fingerprint density at radius 3 is 2.58 bits per heavy atom. The van der Waals surface area contributed by atoms with Gasteiger partial charge in [0.15, 0.2) is 12.4 Å². The molecule has 1 amide bonds. The largest absolute Gasteiger partial charge is 0.482 e. The van der Waals surface area contributed by atoms with Crippen LogP contribution in [0.15, 0.2) is 34.7 Å². The summed E-state index contributed by atoms with van der Waals surface area (Å²) in [4.78, 5) is 22.7. The number of carbonyl (C=O) groups excluding carboxylic acids is 1. The molecule has 1 aromatic carbocycles. The highest BCUT2D eigenvalue weighted by molar-refractivity contribution is 7.88. The number of amides is 1. The minimum Gasteiger partial charge on any atom is -0.482 e. The van der Waals surface area contributed by atoms with E-state index in [1.54, 1.807) is 19.1 Å². The van der Waals surface area contributed by atoms with Gasteiger partial charge in [-0.15, -0.1) is 0 Å². The summed E-state index contributed by atoms with van der Waals surface area (Å²) in [5, 5.41) is 11.3. The van der Waals surface area contributed by atoms with Gasteiger partial charge in [0, 0.05) is 5.69 Å². The van der Waals surface area contributed by atoms with Crippen LogP contribution in [-0.4, -0.2) is 38.3 Å². The van der Waals surface area contributed by atoms with E-state index in [0.29, 0.717) is 22.8 Å².